The molecule has 1 aromatic carbocycles. The minimum Gasteiger partial charge on any atom is -0.496 e. The first-order valence-corrected chi connectivity index (χ1v) is 4.75. The van der Waals surface area contributed by atoms with Crippen LogP contribution in [0, 0.1) is 0 Å². The standard InChI is InChI=1S/C11H13NO4/c1-3-16-11(14)10(13)9-7(12)5-4-6-8(9)15-2/h4-6H,3,12H2,1-2H3. The molecule has 16 heavy (non-hydrogen) atoms. The number of carbonyl (C=O) groups is 2. The number of ether oxygens (including phenoxy) is 2. The van der Waals surface area contributed by atoms with Crippen molar-refractivity contribution in [2.75, 3.05) is 19.5 Å². The van der Waals surface area contributed by atoms with Crippen LogP contribution in [0.2, 0.25) is 0 Å². The Morgan fingerprint density at radius 2 is 2.06 bits per heavy atom. The topological polar surface area (TPSA) is 78.6 Å². The van der Waals surface area contributed by atoms with Gasteiger partial charge in [-0.25, -0.2) is 4.79 Å². The van der Waals surface area contributed by atoms with E-state index in [2.05, 4.69) is 4.74 Å². The third-order valence-corrected chi connectivity index (χ3v) is 1.97. The number of anilines is 1. The maximum absolute atomic E-state index is 11.7. The predicted molar refractivity (Wildman–Crippen MR) is 58.4 cm³/mol. The average Bonchev–Trinajstić information content (AvgIpc) is 2.28. The van der Waals surface area contributed by atoms with E-state index in [1.165, 1.54) is 13.2 Å². The molecular formula is C11H13NO4. The maximum Gasteiger partial charge on any atom is 0.379 e. The lowest BCUT2D eigenvalue weighted by atomic mass is 10.1. The molecule has 0 aliphatic rings. The summed E-state index contributed by atoms with van der Waals surface area (Å²) in [5.41, 5.74) is 5.86. The Kier molecular flexibility index (Phi) is 3.88. The quantitative estimate of drug-likeness (QED) is 0.357. The van der Waals surface area contributed by atoms with Crippen molar-refractivity contribution in [2.24, 2.45) is 0 Å². The van der Waals surface area contributed by atoms with Crippen LogP contribution in [-0.4, -0.2) is 25.5 Å². The minimum atomic E-state index is -0.932. The van der Waals surface area contributed by atoms with Crippen LogP contribution in [0.5, 0.6) is 5.75 Å². The van der Waals surface area contributed by atoms with Gasteiger partial charge in [-0.2, -0.15) is 0 Å². The summed E-state index contributed by atoms with van der Waals surface area (Å²) in [7, 11) is 1.40. The van der Waals surface area contributed by atoms with Gasteiger partial charge in [-0.1, -0.05) is 6.07 Å². The van der Waals surface area contributed by atoms with E-state index in [0.717, 1.165) is 0 Å². The molecule has 0 amide bonds. The van der Waals surface area contributed by atoms with Gasteiger partial charge in [-0.3, -0.25) is 4.79 Å². The van der Waals surface area contributed by atoms with Gasteiger partial charge in [0.25, 0.3) is 5.78 Å². The fourth-order valence-corrected chi connectivity index (χ4v) is 1.26. The van der Waals surface area contributed by atoms with E-state index in [4.69, 9.17) is 10.5 Å². The van der Waals surface area contributed by atoms with Crippen molar-refractivity contribution in [2.45, 2.75) is 6.92 Å². The maximum atomic E-state index is 11.7. The summed E-state index contributed by atoms with van der Waals surface area (Å²) < 4.78 is 9.58. The zero-order valence-electron chi connectivity index (χ0n) is 9.15. The highest BCUT2D eigenvalue weighted by Crippen LogP contribution is 2.24. The lowest BCUT2D eigenvalue weighted by molar-refractivity contribution is -0.137. The van der Waals surface area contributed by atoms with Crippen molar-refractivity contribution in [1.82, 2.24) is 0 Å². The number of ketones is 1. The zero-order valence-corrected chi connectivity index (χ0v) is 9.15. The van der Waals surface area contributed by atoms with E-state index in [9.17, 15) is 9.59 Å². The van der Waals surface area contributed by atoms with Crippen LogP contribution in [0.15, 0.2) is 18.2 Å². The molecule has 0 spiro atoms. The number of rotatable bonds is 4. The second-order valence-corrected chi connectivity index (χ2v) is 2.97. The van der Waals surface area contributed by atoms with Crippen LogP contribution in [-0.2, 0) is 9.53 Å². The Hall–Kier alpha value is -2.04. The number of methoxy groups -OCH3 is 1. The molecule has 0 radical (unpaired) electrons. The molecule has 0 saturated heterocycles. The van der Waals surface area contributed by atoms with Gasteiger partial charge in [0.2, 0.25) is 0 Å². The van der Waals surface area contributed by atoms with Gasteiger partial charge < -0.3 is 15.2 Å². The molecular weight excluding hydrogens is 210 g/mol. The Morgan fingerprint density at radius 1 is 1.38 bits per heavy atom. The Bertz CT molecular complexity index is 414. The molecule has 0 bridgehead atoms. The smallest absolute Gasteiger partial charge is 0.379 e. The minimum absolute atomic E-state index is 0.0449. The number of Topliss-reactive ketones (excluding diaryl/α,β-unsaturated/α-hetero) is 1. The molecule has 0 fully saturated rings. The van der Waals surface area contributed by atoms with Gasteiger partial charge in [0, 0.05) is 5.69 Å². The molecule has 5 nitrogen and oxygen atoms in total. The van der Waals surface area contributed by atoms with E-state index in [-0.39, 0.29) is 23.6 Å². The van der Waals surface area contributed by atoms with Crippen molar-refractivity contribution < 1.29 is 19.1 Å². The van der Waals surface area contributed by atoms with E-state index >= 15 is 0 Å². The molecule has 1 aromatic rings. The molecule has 1 rings (SSSR count). The number of esters is 1. The first kappa shape index (κ1) is 12.0. The SMILES string of the molecule is CCOC(=O)C(=O)c1c(N)cccc1OC. The average molecular weight is 223 g/mol. The number of benzene rings is 1. The van der Waals surface area contributed by atoms with Crippen LogP contribution in [0.4, 0.5) is 5.69 Å². The Morgan fingerprint density at radius 3 is 2.62 bits per heavy atom. The van der Waals surface area contributed by atoms with E-state index in [1.807, 2.05) is 0 Å². The van der Waals surface area contributed by atoms with Gasteiger partial charge >= 0.3 is 5.97 Å². The lowest BCUT2D eigenvalue weighted by Gasteiger charge is -2.09. The number of hydrogen-bond donors (Lipinski definition) is 1. The number of nitrogen functional groups attached to an aromatic ring is 1. The van der Waals surface area contributed by atoms with Gasteiger partial charge in [-0.15, -0.1) is 0 Å². The summed E-state index contributed by atoms with van der Waals surface area (Å²) in [5, 5.41) is 0. The molecule has 0 heterocycles. The van der Waals surface area contributed by atoms with E-state index < -0.39 is 11.8 Å². The largest absolute Gasteiger partial charge is 0.496 e. The molecule has 2 N–H and O–H groups in total. The third kappa shape index (κ3) is 2.31. The van der Waals surface area contributed by atoms with Crippen LogP contribution in [0.25, 0.3) is 0 Å². The molecule has 5 heteroatoms. The van der Waals surface area contributed by atoms with Crippen molar-refractivity contribution in [3.63, 3.8) is 0 Å². The van der Waals surface area contributed by atoms with E-state index in [0.29, 0.717) is 0 Å². The Balaban J connectivity index is 3.12. The number of carbonyl (C=O) groups excluding carboxylic acids is 2. The zero-order chi connectivity index (χ0) is 12.1. The van der Waals surface area contributed by atoms with Gasteiger partial charge in [-0.05, 0) is 19.1 Å². The predicted octanol–water partition coefficient (Wildman–Crippen LogP) is 1.02. The van der Waals surface area contributed by atoms with Gasteiger partial charge in [0.15, 0.2) is 0 Å². The molecule has 0 unspecified atom stereocenters. The van der Waals surface area contributed by atoms with Crippen molar-refractivity contribution in [3.8, 4) is 5.75 Å². The normalized spacial score (nSPS) is 9.62. The van der Waals surface area contributed by atoms with E-state index in [1.54, 1.807) is 19.1 Å². The number of hydrogen-bond acceptors (Lipinski definition) is 5. The molecule has 0 aliphatic carbocycles. The molecule has 0 saturated carbocycles. The van der Waals surface area contributed by atoms with Crippen LogP contribution in [0.3, 0.4) is 0 Å². The van der Waals surface area contributed by atoms with Crippen molar-refractivity contribution in [1.29, 1.82) is 0 Å². The Labute approximate surface area is 93.1 Å². The summed E-state index contributed by atoms with van der Waals surface area (Å²) in [6.45, 7) is 1.76. The first-order chi connectivity index (χ1) is 7.61. The highest BCUT2D eigenvalue weighted by atomic mass is 16.5. The summed E-state index contributed by atoms with van der Waals surface area (Å²) in [4.78, 5) is 23.0. The van der Waals surface area contributed by atoms with Crippen LogP contribution < -0.4 is 10.5 Å². The highest BCUT2D eigenvalue weighted by molar-refractivity contribution is 6.42. The van der Waals surface area contributed by atoms with Crippen LogP contribution in [0.1, 0.15) is 17.3 Å². The first-order valence-electron chi connectivity index (χ1n) is 4.75. The number of nitrogens with two attached hydrogens (primary N) is 1. The summed E-state index contributed by atoms with van der Waals surface area (Å²) >= 11 is 0. The summed E-state index contributed by atoms with van der Waals surface area (Å²) in [5.74, 6) is -1.46. The molecule has 0 aromatic heterocycles. The highest BCUT2D eigenvalue weighted by Gasteiger charge is 2.23. The fraction of sp³-hybridized carbons (Fsp3) is 0.273. The monoisotopic (exact) mass is 223 g/mol. The molecule has 86 valence electrons. The summed E-state index contributed by atoms with van der Waals surface area (Å²) in [6.07, 6.45) is 0. The lowest BCUT2D eigenvalue weighted by Crippen LogP contribution is -2.19. The molecule has 0 atom stereocenters. The fourth-order valence-electron chi connectivity index (χ4n) is 1.26. The third-order valence-electron chi connectivity index (χ3n) is 1.97. The van der Waals surface area contributed by atoms with Crippen molar-refractivity contribution >= 4 is 17.4 Å². The second-order valence-electron chi connectivity index (χ2n) is 2.97. The van der Waals surface area contributed by atoms with Gasteiger partial charge in [0.05, 0.1) is 19.3 Å². The second kappa shape index (κ2) is 5.16. The molecule has 0 aliphatic heterocycles. The van der Waals surface area contributed by atoms with Gasteiger partial charge in [0.1, 0.15) is 5.75 Å². The van der Waals surface area contributed by atoms with Crippen molar-refractivity contribution in [3.05, 3.63) is 23.8 Å². The summed E-state index contributed by atoms with van der Waals surface area (Å²) in [6, 6.07) is 4.72. The van der Waals surface area contributed by atoms with Crippen LogP contribution >= 0.6 is 0 Å².